The summed E-state index contributed by atoms with van der Waals surface area (Å²) < 4.78 is 4.99. The number of anilines is 1. The van der Waals surface area contributed by atoms with Crippen LogP contribution in [0.5, 0.6) is 0 Å². The predicted molar refractivity (Wildman–Crippen MR) is 97.6 cm³/mol. The summed E-state index contributed by atoms with van der Waals surface area (Å²) in [6.07, 6.45) is 3.42. The Morgan fingerprint density at radius 1 is 1.23 bits per heavy atom. The highest BCUT2D eigenvalue weighted by atomic mass is 16.5. The van der Waals surface area contributed by atoms with Crippen LogP contribution in [0.3, 0.4) is 0 Å². The van der Waals surface area contributed by atoms with Gasteiger partial charge in [0.1, 0.15) is 0 Å². The Morgan fingerprint density at radius 2 is 2.08 bits per heavy atom. The van der Waals surface area contributed by atoms with Crippen molar-refractivity contribution in [2.45, 2.75) is 32.7 Å². The second-order valence-electron chi connectivity index (χ2n) is 7.55. The Labute approximate surface area is 153 Å². The van der Waals surface area contributed by atoms with Crippen molar-refractivity contribution in [1.82, 2.24) is 19.9 Å². The van der Waals surface area contributed by atoms with E-state index in [1.807, 2.05) is 4.90 Å². The number of aromatic nitrogens is 2. The maximum absolute atomic E-state index is 12.5. The summed E-state index contributed by atoms with van der Waals surface area (Å²) in [5, 5.41) is 6.41. The first-order chi connectivity index (χ1) is 12.6. The highest BCUT2D eigenvalue weighted by molar-refractivity contribution is 5.87. The molecule has 2 amide bonds. The van der Waals surface area contributed by atoms with Gasteiger partial charge in [0.25, 0.3) is 0 Å². The predicted octanol–water partition coefficient (Wildman–Crippen LogP) is 2.90. The molecular weight excluding hydrogens is 330 g/mol. The van der Waals surface area contributed by atoms with Gasteiger partial charge >= 0.3 is 12.0 Å². The Morgan fingerprint density at radius 3 is 2.85 bits per heavy atom. The summed E-state index contributed by atoms with van der Waals surface area (Å²) in [5.41, 5.74) is 1.55. The highest BCUT2D eigenvalue weighted by Crippen LogP contribution is 2.39. The van der Waals surface area contributed by atoms with E-state index in [9.17, 15) is 4.79 Å². The van der Waals surface area contributed by atoms with Gasteiger partial charge in [0.2, 0.25) is 0 Å². The fourth-order valence-corrected chi connectivity index (χ4v) is 4.25. The number of hydrogen-bond donors (Lipinski definition) is 1. The minimum Gasteiger partial charge on any atom is -0.324 e. The zero-order valence-electron chi connectivity index (χ0n) is 15.1. The molecule has 2 saturated heterocycles. The lowest BCUT2D eigenvalue weighted by Gasteiger charge is -2.40. The average molecular weight is 355 g/mol. The molecule has 1 spiro atoms. The van der Waals surface area contributed by atoms with E-state index in [-0.39, 0.29) is 17.5 Å². The lowest BCUT2D eigenvalue weighted by molar-refractivity contribution is 0.0905. The van der Waals surface area contributed by atoms with E-state index in [4.69, 9.17) is 4.52 Å². The number of carbonyl (C=O) groups excluding carboxylic acids is 1. The van der Waals surface area contributed by atoms with Crippen LogP contribution in [0.1, 0.15) is 30.7 Å². The molecular formula is C19H25N5O2. The Hall–Kier alpha value is -2.41. The van der Waals surface area contributed by atoms with Crippen LogP contribution in [-0.2, 0) is 6.54 Å². The lowest BCUT2D eigenvalue weighted by Crippen LogP contribution is -2.45. The van der Waals surface area contributed by atoms with E-state index < -0.39 is 0 Å². The number of urea groups is 1. The molecule has 26 heavy (non-hydrogen) atoms. The Kier molecular flexibility index (Phi) is 4.63. The minimum atomic E-state index is -0.147. The number of piperidine rings is 1. The van der Waals surface area contributed by atoms with Crippen LogP contribution < -0.4 is 5.32 Å². The van der Waals surface area contributed by atoms with Crippen molar-refractivity contribution in [3.05, 3.63) is 41.7 Å². The number of likely N-dealkylation sites (tertiary alicyclic amines) is 2. The van der Waals surface area contributed by atoms with Gasteiger partial charge in [-0.15, -0.1) is 0 Å². The summed E-state index contributed by atoms with van der Waals surface area (Å²) >= 11 is 0. The molecule has 2 aliphatic heterocycles. The largest absolute Gasteiger partial charge is 0.329 e. The van der Waals surface area contributed by atoms with Crippen LogP contribution in [0.4, 0.5) is 10.8 Å². The summed E-state index contributed by atoms with van der Waals surface area (Å²) in [4.78, 5) is 20.9. The number of aryl methyl sites for hydroxylation is 1. The van der Waals surface area contributed by atoms with Crippen LogP contribution in [-0.4, -0.2) is 52.2 Å². The van der Waals surface area contributed by atoms with Gasteiger partial charge in [-0.05, 0) is 38.3 Å². The maximum atomic E-state index is 12.5. The van der Waals surface area contributed by atoms with E-state index in [0.29, 0.717) is 5.82 Å². The monoisotopic (exact) mass is 355 g/mol. The standard InChI is InChI=1S/C19H25N5O2/c1-15-20-17(26-22-15)21-18(25)24-11-9-19(14-24)8-5-10-23(13-19)12-16-6-3-2-4-7-16/h2-4,6-7H,5,8-14H2,1H3,(H,20,21,22,25). The molecule has 0 bridgehead atoms. The third-order valence-electron chi connectivity index (χ3n) is 5.46. The van der Waals surface area contributed by atoms with E-state index in [0.717, 1.165) is 39.1 Å². The Balaban J connectivity index is 1.36. The zero-order chi connectivity index (χ0) is 18.0. The first-order valence-corrected chi connectivity index (χ1v) is 9.24. The molecule has 138 valence electrons. The molecule has 1 unspecified atom stereocenters. The molecule has 0 aliphatic carbocycles. The molecule has 1 aromatic heterocycles. The van der Waals surface area contributed by atoms with E-state index in [1.54, 1.807) is 6.92 Å². The zero-order valence-corrected chi connectivity index (χ0v) is 15.1. The van der Waals surface area contributed by atoms with Crippen LogP contribution in [0.25, 0.3) is 0 Å². The quantitative estimate of drug-likeness (QED) is 0.916. The molecule has 0 radical (unpaired) electrons. The van der Waals surface area contributed by atoms with Gasteiger partial charge in [0.15, 0.2) is 5.82 Å². The van der Waals surface area contributed by atoms with Crippen molar-refractivity contribution in [2.24, 2.45) is 5.41 Å². The molecule has 7 nitrogen and oxygen atoms in total. The SMILES string of the molecule is Cc1noc(NC(=O)N2CCC3(CCCN(Cc4ccccc4)C3)C2)n1. The topological polar surface area (TPSA) is 74.5 Å². The molecule has 0 saturated carbocycles. The number of nitrogens with one attached hydrogen (secondary N) is 1. The number of hydrogen-bond acceptors (Lipinski definition) is 5. The first-order valence-electron chi connectivity index (χ1n) is 9.24. The van der Waals surface area contributed by atoms with Crippen LogP contribution in [0, 0.1) is 12.3 Å². The van der Waals surface area contributed by atoms with Crippen molar-refractivity contribution >= 4 is 12.0 Å². The van der Waals surface area contributed by atoms with Gasteiger partial charge in [0.05, 0.1) is 0 Å². The number of amides is 2. The van der Waals surface area contributed by atoms with Gasteiger partial charge < -0.3 is 9.42 Å². The summed E-state index contributed by atoms with van der Waals surface area (Å²) in [5.74, 6) is 0.516. The van der Waals surface area contributed by atoms with E-state index in [1.165, 1.54) is 18.4 Å². The fraction of sp³-hybridized carbons (Fsp3) is 0.526. The molecule has 2 fully saturated rings. The molecule has 3 heterocycles. The third-order valence-corrected chi connectivity index (χ3v) is 5.46. The number of rotatable bonds is 3. The molecule has 2 aliphatic rings. The van der Waals surface area contributed by atoms with Crippen molar-refractivity contribution in [3.63, 3.8) is 0 Å². The molecule has 4 rings (SSSR count). The van der Waals surface area contributed by atoms with Gasteiger partial charge in [-0.1, -0.05) is 35.5 Å². The van der Waals surface area contributed by atoms with Crippen molar-refractivity contribution in [3.8, 4) is 0 Å². The van der Waals surface area contributed by atoms with Crippen LogP contribution in [0.2, 0.25) is 0 Å². The summed E-state index contributed by atoms with van der Waals surface area (Å²) in [7, 11) is 0. The molecule has 1 atom stereocenters. The van der Waals surface area contributed by atoms with E-state index >= 15 is 0 Å². The minimum absolute atomic E-state index is 0.147. The molecule has 7 heteroatoms. The first kappa shape index (κ1) is 17.0. The number of nitrogens with zero attached hydrogens (tertiary/aromatic N) is 4. The van der Waals surface area contributed by atoms with Crippen molar-refractivity contribution in [1.29, 1.82) is 0 Å². The third kappa shape index (κ3) is 3.72. The maximum Gasteiger partial charge on any atom is 0.329 e. The number of carbonyl (C=O) groups is 1. The second-order valence-corrected chi connectivity index (χ2v) is 7.55. The van der Waals surface area contributed by atoms with Gasteiger partial charge in [-0.3, -0.25) is 10.2 Å². The second kappa shape index (κ2) is 7.07. The van der Waals surface area contributed by atoms with Gasteiger partial charge in [-0.25, -0.2) is 4.79 Å². The van der Waals surface area contributed by atoms with E-state index in [2.05, 4.69) is 50.7 Å². The summed E-state index contributed by atoms with van der Waals surface area (Å²) in [6, 6.07) is 10.6. The van der Waals surface area contributed by atoms with Crippen molar-refractivity contribution < 1.29 is 9.32 Å². The van der Waals surface area contributed by atoms with Gasteiger partial charge in [-0.2, -0.15) is 4.98 Å². The Bertz CT molecular complexity index is 762. The molecule has 2 aromatic rings. The van der Waals surface area contributed by atoms with Gasteiger partial charge in [0, 0.05) is 31.6 Å². The lowest BCUT2D eigenvalue weighted by atomic mass is 9.79. The summed E-state index contributed by atoms with van der Waals surface area (Å²) in [6.45, 7) is 6.45. The normalized spacial score (nSPS) is 23.5. The smallest absolute Gasteiger partial charge is 0.324 e. The van der Waals surface area contributed by atoms with Crippen molar-refractivity contribution in [2.75, 3.05) is 31.5 Å². The average Bonchev–Trinajstić information content (AvgIpc) is 3.22. The van der Waals surface area contributed by atoms with Crippen LogP contribution in [0.15, 0.2) is 34.9 Å². The highest BCUT2D eigenvalue weighted by Gasteiger charge is 2.42. The molecule has 1 N–H and O–H groups in total. The fourth-order valence-electron chi connectivity index (χ4n) is 4.25. The molecule has 1 aromatic carbocycles. The van der Waals surface area contributed by atoms with Crippen LogP contribution >= 0.6 is 0 Å². The number of benzene rings is 1.